The van der Waals surface area contributed by atoms with Crippen molar-refractivity contribution < 1.29 is 14.5 Å². The third-order valence-corrected chi connectivity index (χ3v) is 3.81. The lowest BCUT2D eigenvalue weighted by molar-refractivity contribution is -0.384. The van der Waals surface area contributed by atoms with Crippen molar-refractivity contribution in [1.82, 2.24) is 0 Å². The van der Waals surface area contributed by atoms with E-state index in [1.165, 1.54) is 18.1 Å². The lowest BCUT2D eigenvalue weighted by atomic mass is 10.1. The number of nitro benzene ring substituents is 1. The standard InChI is InChI=1S/C13H13BrN2O4/c1-3-8-4-12(17)15(7-8)13-10(14)5-9(20-2)6-11(13)16(18)19/h3,5-6,8H,1,4,7H2,2H3. The highest BCUT2D eigenvalue weighted by molar-refractivity contribution is 9.10. The summed E-state index contributed by atoms with van der Waals surface area (Å²) in [7, 11) is 1.43. The van der Waals surface area contributed by atoms with Crippen LogP contribution >= 0.6 is 15.9 Å². The summed E-state index contributed by atoms with van der Waals surface area (Å²) in [5.74, 6) is 0.221. The van der Waals surface area contributed by atoms with Gasteiger partial charge in [0.05, 0.1) is 22.6 Å². The highest BCUT2D eigenvalue weighted by Crippen LogP contribution is 2.41. The first-order valence-corrected chi connectivity index (χ1v) is 6.72. The van der Waals surface area contributed by atoms with Crippen LogP contribution in [-0.2, 0) is 4.79 Å². The molecule has 0 aromatic heterocycles. The molecule has 6 nitrogen and oxygen atoms in total. The van der Waals surface area contributed by atoms with Gasteiger partial charge in [-0.1, -0.05) is 6.08 Å². The molecule has 1 amide bonds. The summed E-state index contributed by atoms with van der Waals surface area (Å²) in [5.41, 5.74) is 0.111. The summed E-state index contributed by atoms with van der Waals surface area (Å²) in [5, 5.41) is 11.2. The first-order valence-electron chi connectivity index (χ1n) is 5.92. The van der Waals surface area contributed by atoms with Crippen LogP contribution in [-0.4, -0.2) is 24.5 Å². The first kappa shape index (κ1) is 14.5. The predicted octanol–water partition coefficient (Wildman–Crippen LogP) is 2.90. The fourth-order valence-corrected chi connectivity index (χ4v) is 2.84. The van der Waals surface area contributed by atoms with Gasteiger partial charge in [0.2, 0.25) is 5.91 Å². The molecule has 0 aliphatic carbocycles. The van der Waals surface area contributed by atoms with Gasteiger partial charge in [0.25, 0.3) is 5.69 Å². The summed E-state index contributed by atoms with van der Waals surface area (Å²) >= 11 is 3.28. The number of carbonyl (C=O) groups is 1. The lowest BCUT2D eigenvalue weighted by Gasteiger charge is -2.18. The number of hydrogen-bond acceptors (Lipinski definition) is 4. The van der Waals surface area contributed by atoms with Crippen LogP contribution in [0.1, 0.15) is 6.42 Å². The zero-order valence-electron chi connectivity index (χ0n) is 10.8. The Morgan fingerprint density at radius 2 is 2.30 bits per heavy atom. The molecule has 0 spiro atoms. The van der Waals surface area contributed by atoms with E-state index in [-0.39, 0.29) is 23.2 Å². The SMILES string of the molecule is C=CC1CC(=O)N(c2c(Br)cc(OC)cc2[N+](=O)[O-])C1. The molecule has 1 saturated heterocycles. The second kappa shape index (κ2) is 5.62. The number of anilines is 1. The largest absolute Gasteiger partial charge is 0.496 e. The van der Waals surface area contributed by atoms with Crippen molar-refractivity contribution in [2.75, 3.05) is 18.6 Å². The Hall–Kier alpha value is -1.89. The number of nitro groups is 1. The molecular weight excluding hydrogens is 328 g/mol. The quantitative estimate of drug-likeness (QED) is 0.480. The fraction of sp³-hybridized carbons (Fsp3) is 0.308. The summed E-state index contributed by atoms with van der Waals surface area (Å²) in [6.07, 6.45) is 2.01. The van der Waals surface area contributed by atoms with E-state index in [4.69, 9.17) is 4.74 Å². The van der Waals surface area contributed by atoms with E-state index in [0.29, 0.717) is 23.2 Å². The number of halogens is 1. The average molecular weight is 341 g/mol. The Balaban J connectivity index is 2.53. The van der Waals surface area contributed by atoms with Gasteiger partial charge in [-0.25, -0.2) is 0 Å². The molecule has 1 aromatic rings. The average Bonchev–Trinajstić information content (AvgIpc) is 2.78. The molecule has 106 valence electrons. The summed E-state index contributed by atoms with van der Waals surface area (Å²) < 4.78 is 5.48. The third kappa shape index (κ3) is 2.53. The minimum Gasteiger partial charge on any atom is -0.496 e. The van der Waals surface area contributed by atoms with Crippen molar-refractivity contribution in [2.24, 2.45) is 5.92 Å². The molecule has 20 heavy (non-hydrogen) atoms. The molecule has 1 atom stereocenters. The van der Waals surface area contributed by atoms with E-state index in [2.05, 4.69) is 22.5 Å². The molecule has 2 rings (SSSR count). The normalized spacial score (nSPS) is 18.2. The molecule has 1 aliphatic rings. The molecule has 0 bridgehead atoms. The molecule has 0 saturated carbocycles. The van der Waals surface area contributed by atoms with E-state index in [1.54, 1.807) is 12.1 Å². The van der Waals surface area contributed by atoms with E-state index in [1.807, 2.05) is 0 Å². The zero-order valence-corrected chi connectivity index (χ0v) is 12.4. The van der Waals surface area contributed by atoms with Gasteiger partial charge in [-0.15, -0.1) is 6.58 Å². The van der Waals surface area contributed by atoms with Crippen molar-refractivity contribution in [3.05, 3.63) is 39.4 Å². The Morgan fingerprint density at radius 3 is 2.80 bits per heavy atom. The Kier molecular flexibility index (Phi) is 4.08. The number of benzene rings is 1. The van der Waals surface area contributed by atoms with E-state index in [0.717, 1.165) is 0 Å². The van der Waals surface area contributed by atoms with Gasteiger partial charge in [0.15, 0.2) is 0 Å². The highest BCUT2D eigenvalue weighted by atomic mass is 79.9. The molecule has 1 fully saturated rings. The van der Waals surface area contributed by atoms with Crippen molar-refractivity contribution in [2.45, 2.75) is 6.42 Å². The van der Waals surface area contributed by atoms with Crippen LogP contribution in [0.4, 0.5) is 11.4 Å². The van der Waals surface area contributed by atoms with Gasteiger partial charge in [0.1, 0.15) is 11.4 Å². The van der Waals surface area contributed by atoms with Crippen LogP contribution in [0.25, 0.3) is 0 Å². The van der Waals surface area contributed by atoms with Crippen LogP contribution in [0.3, 0.4) is 0 Å². The van der Waals surface area contributed by atoms with Crippen LogP contribution in [0.15, 0.2) is 29.3 Å². The van der Waals surface area contributed by atoms with Crippen LogP contribution in [0, 0.1) is 16.0 Å². The van der Waals surface area contributed by atoms with Gasteiger partial charge < -0.3 is 9.64 Å². The summed E-state index contributed by atoms with van der Waals surface area (Å²) in [6.45, 7) is 4.07. The molecule has 0 radical (unpaired) electrons. The smallest absolute Gasteiger partial charge is 0.297 e. The fourth-order valence-electron chi connectivity index (χ4n) is 2.19. The first-order chi connectivity index (χ1) is 9.47. The van der Waals surface area contributed by atoms with Crippen molar-refractivity contribution in [3.63, 3.8) is 0 Å². The lowest BCUT2D eigenvalue weighted by Crippen LogP contribution is -2.25. The number of amides is 1. The van der Waals surface area contributed by atoms with Crippen LogP contribution < -0.4 is 9.64 Å². The molecule has 1 heterocycles. The van der Waals surface area contributed by atoms with Crippen LogP contribution in [0.2, 0.25) is 0 Å². The van der Waals surface area contributed by atoms with E-state index >= 15 is 0 Å². The number of methoxy groups -OCH3 is 1. The van der Waals surface area contributed by atoms with Crippen molar-refractivity contribution in [1.29, 1.82) is 0 Å². The van der Waals surface area contributed by atoms with Gasteiger partial charge in [-0.3, -0.25) is 14.9 Å². The topological polar surface area (TPSA) is 72.7 Å². The highest BCUT2D eigenvalue weighted by Gasteiger charge is 2.34. The minimum absolute atomic E-state index is 0.0103. The number of ether oxygens (including phenoxy) is 1. The van der Waals surface area contributed by atoms with Gasteiger partial charge in [-0.05, 0) is 22.0 Å². The number of carbonyl (C=O) groups excluding carboxylic acids is 1. The Bertz CT molecular complexity index is 588. The number of hydrogen-bond donors (Lipinski definition) is 0. The number of nitrogens with zero attached hydrogens (tertiary/aromatic N) is 2. The van der Waals surface area contributed by atoms with Gasteiger partial charge in [-0.2, -0.15) is 0 Å². The second-order valence-electron chi connectivity index (χ2n) is 4.44. The summed E-state index contributed by atoms with van der Waals surface area (Å²) in [6, 6.07) is 2.92. The Morgan fingerprint density at radius 1 is 1.60 bits per heavy atom. The van der Waals surface area contributed by atoms with Crippen molar-refractivity contribution >= 4 is 33.2 Å². The molecule has 1 aromatic carbocycles. The molecule has 7 heteroatoms. The maximum Gasteiger partial charge on any atom is 0.297 e. The maximum atomic E-state index is 12.0. The molecule has 1 unspecified atom stereocenters. The summed E-state index contributed by atoms with van der Waals surface area (Å²) in [4.78, 5) is 24.2. The molecule has 1 aliphatic heterocycles. The molecule has 0 N–H and O–H groups in total. The maximum absolute atomic E-state index is 12.0. The van der Waals surface area contributed by atoms with Crippen LogP contribution in [0.5, 0.6) is 5.75 Å². The van der Waals surface area contributed by atoms with Gasteiger partial charge >= 0.3 is 0 Å². The predicted molar refractivity (Wildman–Crippen MR) is 78.0 cm³/mol. The third-order valence-electron chi connectivity index (χ3n) is 3.21. The number of rotatable bonds is 4. The minimum atomic E-state index is -0.517. The van der Waals surface area contributed by atoms with E-state index in [9.17, 15) is 14.9 Å². The van der Waals surface area contributed by atoms with Crippen molar-refractivity contribution in [3.8, 4) is 5.75 Å². The van der Waals surface area contributed by atoms with E-state index < -0.39 is 4.92 Å². The van der Waals surface area contributed by atoms with Gasteiger partial charge in [0, 0.05) is 18.9 Å². The zero-order chi connectivity index (χ0) is 14.9. The second-order valence-corrected chi connectivity index (χ2v) is 5.29. The molecular formula is C13H13BrN2O4. The Labute approximate surface area is 124 Å². The monoisotopic (exact) mass is 340 g/mol.